The highest BCUT2D eigenvalue weighted by molar-refractivity contribution is 5.80. The Morgan fingerprint density at radius 3 is 2.63 bits per heavy atom. The largest absolute Gasteiger partial charge is 0.380 e. The maximum Gasteiger partial charge on any atom is 0.225 e. The van der Waals surface area contributed by atoms with Crippen molar-refractivity contribution in [3.63, 3.8) is 0 Å². The van der Waals surface area contributed by atoms with Crippen molar-refractivity contribution in [1.82, 2.24) is 15.2 Å². The number of fused-ring (bicyclic) bond motifs is 1. The van der Waals surface area contributed by atoms with E-state index in [1.165, 1.54) is 17.5 Å². The Hall–Kier alpha value is -2.40. The van der Waals surface area contributed by atoms with Gasteiger partial charge in [0.25, 0.3) is 0 Å². The topological polar surface area (TPSA) is 57.3 Å². The zero-order valence-corrected chi connectivity index (χ0v) is 18.2. The second kappa shape index (κ2) is 7.09. The van der Waals surface area contributed by atoms with Gasteiger partial charge in [-0.05, 0) is 55.5 Å². The van der Waals surface area contributed by atoms with E-state index in [2.05, 4.69) is 59.8 Å². The smallest absolute Gasteiger partial charge is 0.225 e. The normalized spacial score (nSPS) is 28.4. The Morgan fingerprint density at radius 1 is 1.23 bits per heavy atom. The molecule has 0 bridgehead atoms. The van der Waals surface area contributed by atoms with Gasteiger partial charge in [0.2, 0.25) is 5.91 Å². The maximum atomic E-state index is 12.7. The highest BCUT2D eigenvalue weighted by Crippen LogP contribution is 2.45. The summed E-state index contributed by atoms with van der Waals surface area (Å²) in [6, 6.07) is 13.2. The third-order valence-electron chi connectivity index (χ3n) is 7.67. The van der Waals surface area contributed by atoms with E-state index in [1.807, 2.05) is 24.2 Å². The van der Waals surface area contributed by atoms with E-state index in [9.17, 15) is 4.79 Å². The van der Waals surface area contributed by atoms with E-state index in [4.69, 9.17) is 0 Å². The van der Waals surface area contributed by atoms with Gasteiger partial charge >= 0.3 is 0 Å². The first-order valence-electron chi connectivity index (χ1n) is 11.2. The maximum absolute atomic E-state index is 12.7. The van der Waals surface area contributed by atoms with Gasteiger partial charge in [0.05, 0.1) is 24.1 Å². The number of amides is 1. The van der Waals surface area contributed by atoms with Gasteiger partial charge in [-0.2, -0.15) is 0 Å². The molecule has 30 heavy (non-hydrogen) atoms. The van der Waals surface area contributed by atoms with Crippen LogP contribution in [0.4, 0.5) is 5.69 Å². The number of carbonyl (C=O) groups excluding carboxylic acids is 1. The van der Waals surface area contributed by atoms with E-state index in [0.717, 1.165) is 37.2 Å². The predicted molar refractivity (Wildman–Crippen MR) is 119 cm³/mol. The second-order valence-electron chi connectivity index (χ2n) is 10.1. The zero-order chi connectivity index (χ0) is 20.9. The Bertz CT molecular complexity index is 940. The molecule has 1 saturated heterocycles. The van der Waals surface area contributed by atoms with Crippen molar-refractivity contribution in [2.45, 2.75) is 63.1 Å². The van der Waals surface area contributed by atoms with E-state index in [0.29, 0.717) is 18.1 Å². The van der Waals surface area contributed by atoms with Gasteiger partial charge in [-0.15, -0.1) is 0 Å². The lowest BCUT2D eigenvalue weighted by Crippen LogP contribution is -2.66. The van der Waals surface area contributed by atoms with Gasteiger partial charge in [0.15, 0.2) is 0 Å². The average molecular weight is 405 g/mol. The van der Waals surface area contributed by atoms with Crippen LogP contribution in [0.1, 0.15) is 49.9 Å². The molecule has 1 unspecified atom stereocenters. The second-order valence-corrected chi connectivity index (χ2v) is 10.1. The summed E-state index contributed by atoms with van der Waals surface area (Å²) in [5.41, 5.74) is 5.20. The summed E-state index contributed by atoms with van der Waals surface area (Å²) in [6.45, 7) is 6.28. The Balaban J connectivity index is 1.18. The zero-order valence-electron chi connectivity index (χ0n) is 18.2. The molecule has 158 valence electrons. The van der Waals surface area contributed by atoms with Crippen LogP contribution in [0, 0.1) is 5.92 Å². The fourth-order valence-corrected chi connectivity index (χ4v) is 5.54. The summed E-state index contributed by atoms with van der Waals surface area (Å²) in [7, 11) is 1.90. The highest BCUT2D eigenvalue weighted by atomic mass is 16.2. The van der Waals surface area contributed by atoms with Crippen molar-refractivity contribution in [3.8, 4) is 0 Å². The van der Waals surface area contributed by atoms with Crippen LogP contribution >= 0.6 is 0 Å². The first kappa shape index (κ1) is 19.6. The minimum absolute atomic E-state index is 0.0807. The van der Waals surface area contributed by atoms with E-state index < -0.39 is 0 Å². The number of nitrogens with one attached hydrogen (secondary N) is 2. The SMILES string of the molecule is CN(Cc1ccc(NC2Cc3ccccc3C2(C)C)cn1)C(=O)C1CC2(CCN2)C1. The number of anilines is 1. The van der Waals surface area contributed by atoms with E-state index in [1.54, 1.807) is 0 Å². The number of nitrogens with zero attached hydrogens (tertiary/aromatic N) is 2. The number of pyridine rings is 1. The van der Waals surface area contributed by atoms with Crippen LogP contribution in [0.2, 0.25) is 0 Å². The van der Waals surface area contributed by atoms with Gasteiger partial charge in [0, 0.05) is 30.0 Å². The fraction of sp³-hybridized carbons (Fsp3) is 0.520. The van der Waals surface area contributed by atoms with Gasteiger partial charge in [-0.3, -0.25) is 9.78 Å². The summed E-state index contributed by atoms with van der Waals surface area (Å²) < 4.78 is 0. The van der Waals surface area contributed by atoms with E-state index in [-0.39, 0.29) is 17.2 Å². The Kier molecular flexibility index (Phi) is 4.62. The lowest BCUT2D eigenvalue weighted by molar-refractivity contribution is -0.142. The molecule has 1 aliphatic heterocycles. The molecule has 2 aromatic rings. The summed E-state index contributed by atoms with van der Waals surface area (Å²) in [5, 5.41) is 7.18. The number of rotatable bonds is 5. The molecule has 1 spiro atoms. The highest BCUT2D eigenvalue weighted by Gasteiger charge is 2.51. The van der Waals surface area contributed by atoms with Crippen molar-refractivity contribution in [2.24, 2.45) is 5.92 Å². The molecule has 1 aromatic carbocycles. The quantitative estimate of drug-likeness (QED) is 0.801. The van der Waals surface area contributed by atoms with Crippen LogP contribution in [-0.4, -0.2) is 41.0 Å². The molecule has 2 N–H and O–H groups in total. The predicted octanol–water partition coefficient (Wildman–Crippen LogP) is 3.50. The van der Waals surface area contributed by atoms with Crippen molar-refractivity contribution >= 4 is 11.6 Å². The first-order valence-corrected chi connectivity index (χ1v) is 11.2. The molecule has 0 radical (unpaired) electrons. The van der Waals surface area contributed by atoms with Gasteiger partial charge < -0.3 is 15.5 Å². The van der Waals surface area contributed by atoms with Crippen molar-refractivity contribution in [3.05, 3.63) is 59.4 Å². The summed E-state index contributed by atoms with van der Waals surface area (Å²) in [6.07, 6.45) is 6.14. The standard InChI is InChI=1S/C25H32N4O/c1-24(2)21-7-5-4-6-17(21)12-22(24)28-19-8-9-20(26-15-19)16-29(3)23(30)18-13-25(14-18)10-11-27-25/h4-9,15,18,22,27-28H,10-14,16H2,1-3H3. The lowest BCUT2D eigenvalue weighted by atomic mass is 9.62. The molecule has 2 fully saturated rings. The molecule has 2 heterocycles. The van der Waals surface area contributed by atoms with Gasteiger partial charge in [-0.25, -0.2) is 0 Å². The molecule has 1 saturated carbocycles. The minimum atomic E-state index is 0.0807. The molecular formula is C25H32N4O. The van der Waals surface area contributed by atoms with Crippen LogP contribution in [0.25, 0.3) is 0 Å². The number of carbonyl (C=O) groups is 1. The van der Waals surface area contributed by atoms with Crippen molar-refractivity contribution < 1.29 is 4.79 Å². The molecule has 1 aromatic heterocycles. The van der Waals surface area contributed by atoms with Gasteiger partial charge in [0.1, 0.15) is 0 Å². The van der Waals surface area contributed by atoms with Gasteiger partial charge in [-0.1, -0.05) is 38.1 Å². The summed E-state index contributed by atoms with van der Waals surface area (Å²) >= 11 is 0. The summed E-state index contributed by atoms with van der Waals surface area (Å²) in [5.74, 6) is 0.429. The molecular weight excluding hydrogens is 372 g/mol. The van der Waals surface area contributed by atoms with Crippen LogP contribution in [0.15, 0.2) is 42.6 Å². The average Bonchev–Trinajstić information content (AvgIpc) is 2.91. The number of aromatic nitrogens is 1. The lowest BCUT2D eigenvalue weighted by Gasteiger charge is -2.54. The van der Waals surface area contributed by atoms with Crippen LogP contribution in [-0.2, 0) is 23.2 Å². The fourth-order valence-electron chi connectivity index (χ4n) is 5.54. The molecule has 1 atom stereocenters. The Morgan fingerprint density at radius 2 is 2.00 bits per heavy atom. The molecule has 2 aliphatic carbocycles. The number of hydrogen-bond donors (Lipinski definition) is 2. The Labute approximate surface area is 179 Å². The van der Waals surface area contributed by atoms with Crippen LogP contribution in [0.3, 0.4) is 0 Å². The molecule has 5 nitrogen and oxygen atoms in total. The van der Waals surface area contributed by atoms with Crippen molar-refractivity contribution in [2.75, 3.05) is 18.9 Å². The monoisotopic (exact) mass is 404 g/mol. The third-order valence-corrected chi connectivity index (χ3v) is 7.67. The summed E-state index contributed by atoms with van der Waals surface area (Å²) in [4.78, 5) is 19.2. The van der Waals surface area contributed by atoms with Crippen LogP contribution < -0.4 is 10.6 Å². The van der Waals surface area contributed by atoms with E-state index >= 15 is 0 Å². The molecule has 3 aliphatic rings. The number of hydrogen-bond acceptors (Lipinski definition) is 4. The molecule has 1 amide bonds. The van der Waals surface area contributed by atoms with Crippen LogP contribution in [0.5, 0.6) is 0 Å². The third kappa shape index (κ3) is 3.29. The minimum Gasteiger partial charge on any atom is -0.380 e. The molecule has 5 rings (SSSR count). The first-order chi connectivity index (χ1) is 14.4. The van der Waals surface area contributed by atoms with Crippen molar-refractivity contribution in [1.29, 1.82) is 0 Å². The molecule has 5 heteroatoms. The number of benzene rings is 1.